The summed E-state index contributed by atoms with van der Waals surface area (Å²) in [6, 6.07) is 6.17. The largest absolute Gasteiger partial charge is 0.389 e. The zero-order valence-corrected chi connectivity index (χ0v) is 9.21. The van der Waals surface area contributed by atoms with Gasteiger partial charge >= 0.3 is 0 Å². The summed E-state index contributed by atoms with van der Waals surface area (Å²) in [6.07, 6.45) is 2.25. The van der Waals surface area contributed by atoms with Crippen LogP contribution in [0.15, 0.2) is 22.7 Å². The molecule has 0 bridgehead atoms. The number of aliphatic hydroxyl groups excluding tert-OH is 1. The predicted molar refractivity (Wildman–Crippen MR) is 56.8 cm³/mol. The molecule has 1 fully saturated rings. The number of hydrogen-bond acceptors (Lipinski definition) is 1. The highest BCUT2D eigenvalue weighted by Crippen LogP contribution is 2.43. The fourth-order valence-corrected chi connectivity index (χ4v) is 2.25. The molecular weight excluding hydrogens is 228 g/mol. The fourth-order valence-electron chi connectivity index (χ4n) is 1.53. The first kappa shape index (κ1) is 9.22. The molecule has 0 aliphatic heterocycles. The first-order valence-corrected chi connectivity index (χ1v) is 5.45. The second kappa shape index (κ2) is 3.43. The minimum Gasteiger partial charge on any atom is -0.389 e. The van der Waals surface area contributed by atoms with E-state index in [2.05, 4.69) is 22.0 Å². The third-order valence-corrected chi connectivity index (χ3v) is 3.21. The van der Waals surface area contributed by atoms with Gasteiger partial charge in [-0.05, 0) is 42.9 Å². The quantitative estimate of drug-likeness (QED) is 0.841. The molecule has 0 radical (unpaired) electrons. The molecule has 2 rings (SSSR count). The third kappa shape index (κ3) is 1.94. The summed E-state index contributed by atoms with van der Waals surface area (Å²) in [6.45, 7) is 1.79. The normalized spacial score (nSPS) is 18.7. The van der Waals surface area contributed by atoms with E-state index in [1.54, 1.807) is 6.92 Å². The smallest absolute Gasteiger partial charge is 0.0762 e. The number of rotatable bonds is 2. The minimum atomic E-state index is -0.371. The van der Waals surface area contributed by atoms with E-state index in [0.717, 1.165) is 16.0 Å². The van der Waals surface area contributed by atoms with E-state index in [-0.39, 0.29) is 6.10 Å². The Morgan fingerprint density at radius 2 is 2.15 bits per heavy atom. The van der Waals surface area contributed by atoms with Gasteiger partial charge in [0, 0.05) is 4.47 Å². The first-order chi connectivity index (χ1) is 6.18. The summed E-state index contributed by atoms with van der Waals surface area (Å²) < 4.78 is 1.15. The van der Waals surface area contributed by atoms with Gasteiger partial charge in [0.1, 0.15) is 0 Å². The zero-order chi connectivity index (χ0) is 9.42. The molecule has 2 heteroatoms. The van der Waals surface area contributed by atoms with E-state index in [1.807, 2.05) is 12.1 Å². The molecule has 0 saturated heterocycles. The van der Waals surface area contributed by atoms with Crippen molar-refractivity contribution < 1.29 is 5.11 Å². The topological polar surface area (TPSA) is 20.2 Å². The Morgan fingerprint density at radius 3 is 2.62 bits per heavy atom. The van der Waals surface area contributed by atoms with Crippen LogP contribution in [0.3, 0.4) is 0 Å². The summed E-state index contributed by atoms with van der Waals surface area (Å²) in [5, 5.41) is 9.37. The predicted octanol–water partition coefficient (Wildman–Crippen LogP) is 3.38. The van der Waals surface area contributed by atoms with Crippen LogP contribution in [0.25, 0.3) is 0 Å². The van der Waals surface area contributed by atoms with Crippen molar-refractivity contribution in [1.29, 1.82) is 0 Å². The van der Waals surface area contributed by atoms with Crippen molar-refractivity contribution in [3.63, 3.8) is 0 Å². The van der Waals surface area contributed by atoms with Crippen LogP contribution in [0.1, 0.15) is 42.9 Å². The van der Waals surface area contributed by atoms with Gasteiger partial charge in [-0.2, -0.15) is 0 Å². The molecule has 13 heavy (non-hydrogen) atoms. The van der Waals surface area contributed by atoms with Crippen LogP contribution in [0.4, 0.5) is 0 Å². The molecule has 1 aliphatic rings. The standard InChI is InChI=1S/C11H13BrO/c1-7(13)9-4-5-10(8-2-3-8)11(12)6-9/h4-8,13H,2-3H2,1H3. The Kier molecular flexibility index (Phi) is 2.43. The van der Waals surface area contributed by atoms with E-state index in [9.17, 15) is 5.11 Å². The lowest BCUT2D eigenvalue weighted by Gasteiger charge is -2.08. The lowest BCUT2D eigenvalue weighted by atomic mass is 10.1. The monoisotopic (exact) mass is 240 g/mol. The summed E-state index contributed by atoms with van der Waals surface area (Å²) in [5.41, 5.74) is 2.38. The molecule has 1 unspecified atom stereocenters. The van der Waals surface area contributed by atoms with Gasteiger partial charge in [-0.1, -0.05) is 28.1 Å². The summed E-state index contributed by atoms with van der Waals surface area (Å²) in [5.74, 6) is 0.762. The number of benzene rings is 1. The van der Waals surface area contributed by atoms with Crippen LogP contribution in [-0.2, 0) is 0 Å². The Hall–Kier alpha value is -0.340. The van der Waals surface area contributed by atoms with Gasteiger partial charge < -0.3 is 5.11 Å². The van der Waals surface area contributed by atoms with E-state index in [4.69, 9.17) is 0 Å². The van der Waals surface area contributed by atoms with Gasteiger partial charge in [0.15, 0.2) is 0 Å². The summed E-state index contributed by atoms with van der Waals surface area (Å²) >= 11 is 3.54. The van der Waals surface area contributed by atoms with Crippen LogP contribution in [-0.4, -0.2) is 5.11 Å². The molecule has 1 aromatic carbocycles. The molecule has 1 saturated carbocycles. The van der Waals surface area contributed by atoms with Crippen molar-refractivity contribution >= 4 is 15.9 Å². The second-order valence-electron chi connectivity index (χ2n) is 3.73. The molecule has 1 nitrogen and oxygen atoms in total. The van der Waals surface area contributed by atoms with Crippen molar-refractivity contribution in [2.45, 2.75) is 31.8 Å². The van der Waals surface area contributed by atoms with E-state index in [0.29, 0.717) is 0 Å². The third-order valence-electron chi connectivity index (χ3n) is 2.52. The molecule has 0 amide bonds. The van der Waals surface area contributed by atoms with E-state index < -0.39 is 0 Å². The van der Waals surface area contributed by atoms with Crippen LogP contribution >= 0.6 is 15.9 Å². The van der Waals surface area contributed by atoms with Crippen molar-refractivity contribution in [2.24, 2.45) is 0 Å². The molecule has 0 heterocycles. The lowest BCUT2D eigenvalue weighted by molar-refractivity contribution is 0.199. The maximum Gasteiger partial charge on any atom is 0.0762 e. The number of halogens is 1. The first-order valence-electron chi connectivity index (χ1n) is 4.66. The SMILES string of the molecule is CC(O)c1ccc(C2CC2)c(Br)c1. The second-order valence-corrected chi connectivity index (χ2v) is 4.59. The average Bonchev–Trinajstić information content (AvgIpc) is 2.87. The zero-order valence-electron chi connectivity index (χ0n) is 7.63. The van der Waals surface area contributed by atoms with Crippen LogP contribution in [0.5, 0.6) is 0 Å². The average molecular weight is 241 g/mol. The lowest BCUT2D eigenvalue weighted by Crippen LogP contribution is -1.92. The maximum absolute atomic E-state index is 9.37. The fraction of sp³-hybridized carbons (Fsp3) is 0.455. The van der Waals surface area contributed by atoms with E-state index >= 15 is 0 Å². The Bertz CT molecular complexity index is 316. The molecule has 1 atom stereocenters. The van der Waals surface area contributed by atoms with E-state index in [1.165, 1.54) is 18.4 Å². The van der Waals surface area contributed by atoms with Crippen molar-refractivity contribution in [1.82, 2.24) is 0 Å². The van der Waals surface area contributed by atoms with Gasteiger partial charge in [-0.15, -0.1) is 0 Å². The van der Waals surface area contributed by atoms with Crippen molar-refractivity contribution in [3.8, 4) is 0 Å². The summed E-state index contributed by atoms with van der Waals surface area (Å²) in [4.78, 5) is 0. The Morgan fingerprint density at radius 1 is 1.46 bits per heavy atom. The molecular formula is C11H13BrO. The van der Waals surface area contributed by atoms with Gasteiger partial charge in [-0.25, -0.2) is 0 Å². The summed E-state index contributed by atoms with van der Waals surface area (Å²) in [7, 11) is 0. The Labute approximate surface area is 86.9 Å². The van der Waals surface area contributed by atoms with Crippen LogP contribution in [0, 0.1) is 0 Å². The maximum atomic E-state index is 9.37. The van der Waals surface area contributed by atoms with Gasteiger partial charge in [-0.3, -0.25) is 0 Å². The highest BCUT2D eigenvalue weighted by atomic mass is 79.9. The minimum absolute atomic E-state index is 0.371. The molecule has 1 aromatic rings. The number of aliphatic hydroxyl groups is 1. The van der Waals surface area contributed by atoms with Crippen LogP contribution < -0.4 is 0 Å². The Balaban J connectivity index is 2.31. The molecule has 0 aromatic heterocycles. The molecule has 1 N–H and O–H groups in total. The van der Waals surface area contributed by atoms with Gasteiger partial charge in [0.2, 0.25) is 0 Å². The molecule has 1 aliphatic carbocycles. The molecule has 0 spiro atoms. The van der Waals surface area contributed by atoms with Gasteiger partial charge in [0.25, 0.3) is 0 Å². The highest BCUT2D eigenvalue weighted by molar-refractivity contribution is 9.10. The van der Waals surface area contributed by atoms with Gasteiger partial charge in [0.05, 0.1) is 6.10 Å². The number of hydrogen-bond donors (Lipinski definition) is 1. The van der Waals surface area contributed by atoms with Crippen LogP contribution in [0.2, 0.25) is 0 Å². The molecule has 70 valence electrons. The van der Waals surface area contributed by atoms with Crippen molar-refractivity contribution in [2.75, 3.05) is 0 Å². The highest BCUT2D eigenvalue weighted by Gasteiger charge is 2.25. The van der Waals surface area contributed by atoms with Crippen molar-refractivity contribution in [3.05, 3.63) is 33.8 Å².